The molecule has 32 heavy (non-hydrogen) atoms. The number of nitrogens with zero attached hydrogens (tertiary/aromatic N) is 2. The molecule has 0 aliphatic heterocycles. The van der Waals surface area contributed by atoms with Crippen LogP contribution in [0.1, 0.15) is 35.0 Å². The molecule has 0 fully saturated rings. The lowest BCUT2D eigenvalue weighted by Crippen LogP contribution is -2.18. The summed E-state index contributed by atoms with van der Waals surface area (Å²) in [5.74, 6) is -3.43. The summed E-state index contributed by atoms with van der Waals surface area (Å²) in [5.41, 5.74) is 1.20. The molecule has 0 saturated heterocycles. The number of hydrogen-bond donors (Lipinski definition) is 1. The lowest BCUT2D eigenvalue weighted by atomic mass is 9.97. The van der Waals surface area contributed by atoms with E-state index in [0.29, 0.717) is 35.4 Å². The van der Waals surface area contributed by atoms with Crippen molar-refractivity contribution in [2.75, 3.05) is 10.5 Å². The Hall–Kier alpha value is -3.46. The van der Waals surface area contributed by atoms with E-state index in [4.69, 9.17) is 0 Å². The van der Waals surface area contributed by atoms with Gasteiger partial charge in [-0.2, -0.15) is 0 Å². The van der Waals surface area contributed by atoms with Crippen molar-refractivity contribution in [3.63, 3.8) is 0 Å². The molecule has 1 aromatic carbocycles. The zero-order valence-corrected chi connectivity index (χ0v) is 17.9. The predicted molar refractivity (Wildman–Crippen MR) is 118 cm³/mol. The largest absolute Gasteiger partial charge is 0.288 e. The standard InChI is InChI=1S/C23H19F2N3O3S/c1-2-11-32(30,31)28-20-9-7-17(24)21(22(20)25)23(29)15-6-8-19-16(15)12-14(13-27-19)18-5-3-4-10-26-18/h3-7,9-10,12-13,28H,2,8,11H2,1H3. The van der Waals surface area contributed by atoms with Gasteiger partial charge in [0.1, 0.15) is 5.82 Å². The first-order valence-electron chi connectivity index (χ1n) is 9.94. The summed E-state index contributed by atoms with van der Waals surface area (Å²) in [6.07, 6.45) is 5.48. The molecule has 2 aromatic heterocycles. The zero-order valence-electron chi connectivity index (χ0n) is 17.1. The van der Waals surface area contributed by atoms with Crippen LogP contribution in [0.15, 0.2) is 54.9 Å². The first-order chi connectivity index (χ1) is 15.3. The Kier molecular flexibility index (Phi) is 5.84. The van der Waals surface area contributed by atoms with E-state index >= 15 is 4.39 Å². The number of aromatic nitrogens is 2. The van der Waals surface area contributed by atoms with E-state index < -0.39 is 38.7 Å². The predicted octanol–water partition coefficient (Wildman–Crippen LogP) is 4.40. The van der Waals surface area contributed by atoms with Crippen LogP contribution >= 0.6 is 0 Å². The zero-order chi connectivity index (χ0) is 22.9. The maximum absolute atomic E-state index is 15.1. The molecule has 0 amide bonds. The fraction of sp³-hybridized carbons (Fsp3) is 0.174. The SMILES string of the molecule is CCCS(=O)(=O)Nc1ccc(F)c(C(=O)C2=CCc3ncc(-c4ccccn4)cc32)c1F. The van der Waals surface area contributed by atoms with Gasteiger partial charge in [-0.25, -0.2) is 17.2 Å². The van der Waals surface area contributed by atoms with E-state index in [9.17, 15) is 17.6 Å². The lowest BCUT2D eigenvalue weighted by Gasteiger charge is -2.13. The molecule has 0 saturated carbocycles. The second-order valence-corrected chi connectivity index (χ2v) is 9.13. The monoisotopic (exact) mass is 455 g/mol. The van der Waals surface area contributed by atoms with E-state index in [1.54, 1.807) is 43.6 Å². The number of sulfonamides is 1. The maximum atomic E-state index is 15.1. The highest BCUT2D eigenvalue weighted by Crippen LogP contribution is 2.34. The van der Waals surface area contributed by atoms with Crippen molar-refractivity contribution in [2.45, 2.75) is 19.8 Å². The van der Waals surface area contributed by atoms with E-state index in [-0.39, 0.29) is 11.3 Å². The molecule has 6 nitrogen and oxygen atoms in total. The average molecular weight is 455 g/mol. The maximum Gasteiger partial charge on any atom is 0.232 e. The highest BCUT2D eigenvalue weighted by molar-refractivity contribution is 7.92. The summed E-state index contributed by atoms with van der Waals surface area (Å²) in [5, 5.41) is 0. The van der Waals surface area contributed by atoms with Crippen molar-refractivity contribution in [1.82, 2.24) is 9.97 Å². The molecule has 0 radical (unpaired) electrons. The minimum absolute atomic E-state index is 0.108. The van der Waals surface area contributed by atoms with E-state index in [2.05, 4.69) is 14.7 Å². The molecule has 1 N–H and O–H groups in total. The summed E-state index contributed by atoms with van der Waals surface area (Å²) in [6, 6.07) is 8.92. The van der Waals surface area contributed by atoms with Crippen LogP contribution < -0.4 is 4.72 Å². The quantitative estimate of drug-likeness (QED) is 0.534. The van der Waals surface area contributed by atoms with E-state index in [1.807, 2.05) is 6.07 Å². The third-order valence-corrected chi connectivity index (χ3v) is 6.50. The fourth-order valence-corrected chi connectivity index (χ4v) is 4.68. The minimum atomic E-state index is -3.82. The number of benzene rings is 1. The molecule has 0 unspecified atom stereocenters. The number of pyridine rings is 2. The number of fused-ring (bicyclic) bond motifs is 1. The van der Waals surface area contributed by atoms with Gasteiger partial charge in [-0.3, -0.25) is 19.5 Å². The molecule has 9 heteroatoms. The number of Topliss-reactive ketones (excluding diaryl/α,β-unsaturated/α-hetero) is 1. The van der Waals surface area contributed by atoms with Crippen LogP contribution in [0, 0.1) is 11.6 Å². The summed E-state index contributed by atoms with van der Waals surface area (Å²) in [6.45, 7) is 1.66. The molecule has 164 valence electrons. The van der Waals surface area contributed by atoms with Crippen LogP contribution in [0.25, 0.3) is 16.8 Å². The highest BCUT2D eigenvalue weighted by Gasteiger charge is 2.29. The fourth-order valence-electron chi connectivity index (χ4n) is 3.55. The van der Waals surface area contributed by atoms with Crippen molar-refractivity contribution >= 4 is 27.1 Å². The van der Waals surface area contributed by atoms with Crippen LogP contribution in [0.3, 0.4) is 0 Å². The van der Waals surface area contributed by atoms with Gasteiger partial charge in [0.05, 0.1) is 28.4 Å². The van der Waals surface area contributed by atoms with Crippen molar-refractivity contribution in [3.05, 3.63) is 83.3 Å². The van der Waals surface area contributed by atoms with Gasteiger partial charge in [-0.05, 0) is 36.8 Å². The molecule has 4 rings (SSSR count). The van der Waals surface area contributed by atoms with E-state index in [1.165, 1.54) is 0 Å². The van der Waals surface area contributed by atoms with Crippen LogP contribution in [0.5, 0.6) is 0 Å². The summed E-state index contributed by atoms with van der Waals surface area (Å²) in [7, 11) is -3.82. The Bertz CT molecular complexity index is 1340. The number of ketones is 1. The topological polar surface area (TPSA) is 89.0 Å². The number of hydrogen-bond acceptors (Lipinski definition) is 5. The molecule has 3 aromatic rings. The van der Waals surface area contributed by atoms with Crippen molar-refractivity contribution < 1.29 is 22.0 Å². The lowest BCUT2D eigenvalue weighted by molar-refractivity contribution is 0.104. The van der Waals surface area contributed by atoms with Gasteiger partial charge in [-0.1, -0.05) is 19.1 Å². The third kappa shape index (κ3) is 4.16. The Labute approximate surface area is 184 Å². The van der Waals surface area contributed by atoms with Crippen molar-refractivity contribution in [1.29, 1.82) is 0 Å². The van der Waals surface area contributed by atoms with E-state index in [0.717, 1.165) is 12.1 Å². The second kappa shape index (κ2) is 8.58. The van der Waals surface area contributed by atoms with Gasteiger partial charge in [0, 0.05) is 35.5 Å². The average Bonchev–Trinajstić information content (AvgIpc) is 3.19. The first-order valence-corrected chi connectivity index (χ1v) is 11.6. The molecule has 0 spiro atoms. The van der Waals surface area contributed by atoms with Gasteiger partial charge < -0.3 is 0 Å². The number of carbonyl (C=O) groups excluding carboxylic acids is 1. The molecular formula is C23H19F2N3O3S. The summed E-state index contributed by atoms with van der Waals surface area (Å²) < 4.78 is 55.8. The molecular weight excluding hydrogens is 436 g/mol. The molecule has 0 atom stereocenters. The third-order valence-electron chi connectivity index (χ3n) is 5.02. The molecule has 2 heterocycles. The molecule has 0 bridgehead atoms. The van der Waals surface area contributed by atoms with Gasteiger partial charge in [-0.15, -0.1) is 0 Å². The number of halogens is 2. The minimum Gasteiger partial charge on any atom is -0.288 e. The van der Waals surface area contributed by atoms with Crippen LogP contribution in [-0.4, -0.2) is 29.9 Å². The number of nitrogens with one attached hydrogen (secondary N) is 1. The number of carbonyl (C=O) groups is 1. The Morgan fingerprint density at radius 1 is 1.16 bits per heavy atom. The second-order valence-electron chi connectivity index (χ2n) is 7.29. The first kappa shape index (κ1) is 21.8. The number of anilines is 1. The summed E-state index contributed by atoms with van der Waals surface area (Å²) in [4.78, 5) is 21.8. The number of allylic oxidation sites excluding steroid dienone is 2. The molecule has 1 aliphatic rings. The Morgan fingerprint density at radius 2 is 1.97 bits per heavy atom. The Balaban J connectivity index is 1.72. The highest BCUT2D eigenvalue weighted by atomic mass is 32.2. The molecule has 1 aliphatic carbocycles. The van der Waals surface area contributed by atoms with Crippen LogP contribution in [-0.2, 0) is 16.4 Å². The summed E-state index contributed by atoms with van der Waals surface area (Å²) >= 11 is 0. The van der Waals surface area contributed by atoms with Crippen LogP contribution in [0.2, 0.25) is 0 Å². The van der Waals surface area contributed by atoms with Crippen molar-refractivity contribution in [3.8, 4) is 11.3 Å². The van der Waals surface area contributed by atoms with Gasteiger partial charge >= 0.3 is 0 Å². The smallest absolute Gasteiger partial charge is 0.232 e. The van der Waals surface area contributed by atoms with Gasteiger partial charge in [0.25, 0.3) is 0 Å². The van der Waals surface area contributed by atoms with Gasteiger partial charge in [0.2, 0.25) is 10.0 Å². The van der Waals surface area contributed by atoms with Crippen LogP contribution in [0.4, 0.5) is 14.5 Å². The Morgan fingerprint density at radius 3 is 2.69 bits per heavy atom. The normalized spacial score (nSPS) is 12.9. The number of rotatable bonds is 7. The van der Waals surface area contributed by atoms with Crippen molar-refractivity contribution in [2.24, 2.45) is 0 Å². The van der Waals surface area contributed by atoms with Gasteiger partial charge in [0.15, 0.2) is 11.6 Å².